The van der Waals surface area contributed by atoms with Gasteiger partial charge >= 0.3 is 0 Å². The zero-order valence-electron chi connectivity index (χ0n) is 20.7. The fraction of sp³-hybridized carbons (Fsp3) is 0.370. The molecule has 8 nitrogen and oxygen atoms in total. The molecule has 1 aliphatic rings. The zero-order chi connectivity index (χ0) is 25.2. The standard InChI is InChI=1S/C27H31N3O5/c1-27(2,3)22-16-23(35-29-22)28-26(32)20-14-15-24(31)30(17-10-12-18(33-4)13-11-17)25(20)19-8-6-7-9-21(19)34-5/h6-13,16,20,25H,14-15H2,1-5H3,(H,28,32)/t20-,25+/m0/s1. The van der Waals surface area contributed by atoms with Crippen molar-refractivity contribution in [2.45, 2.75) is 45.1 Å². The Bertz CT molecular complexity index is 1200. The number of hydrogen-bond donors (Lipinski definition) is 1. The van der Waals surface area contributed by atoms with Gasteiger partial charge in [-0.2, -0.15) is 0 Å². The van der Waals surface area contributed by atoms with Gasteiger partial charge in [0.2, 0.25) is 17.7 Å². The van der Waals surface area contributed by atoms with Crippen LogP contribution in [-0.2, 0) is 15.0 Å². The highest BCUT2D eigenvalue weighted by atomic mass is 16.5. The van der Waals surface area contributed by atoms with E-state index in [0.717, 1.165) is 11.3 Å². The van der Waals surface area contributed by atoms with Crippen LogP contribution in [0.1, 0.15) is 50.9 Å². The van der Waals surface area contributed by atoms with Crippen LogP contribution in [-0.4, -0.2) is 31.2 Å². The van der Waals surface area contributed by atoms with E-state index in [0.29, 0.717) is 23.6 Å². The molecule has 4 rings (SSSR count). The Morgan fingerprint density at radius 1 is 1.09 bits per heavy atom. The van der Waals surface area contributed by atoms with Crippen LogP contribution < -0.4 is 19.7 Å². The molecule has 0 spiro atoms. The number of carbonyl (C=O) groups excluding carboxylic acids is 2. The highest BCUT2D eigenvalue weighted by Gasteiger charge is 2.43. The van der Waals surface area contributed by atoms with Crippen LogP contribution in [0.4, 0.5) is 11.6 Å². The van der Waals surface area contributed by atoms with Crippen LogP contribution in [0.5, 0.6) is 11.5 Å². The van der Waals surface area contributed by atoms with Gasteiger partial charge in [-0.1, -0.05) is 44.1 Å². The molecule has 184 valence electrons. The molecule has 35 heavy (non-hydrogen) atoms. The third kappa shape index (κ3) is 5.01. The van der Waals surface area contributed by atoms with Crippen molar-refractivity contribution in [1.82, 2.24) is 5.16 Å². The summed E-state index contributed by atoms with van der Waals surface area (Å²) in [7, 11) is 3.17. The minimum absolute atomic E-state index is 0.0650. The molecule has 1 N–H and O–H groups in total. The van der Waals surface area contributed by atoms with E-state index in [1.807, 2.05) is 57.2 Å². The van der Waals surface area contributed by atoms with Crippen molar-refractivity contribution in [1.29, 1.82) is 0 Å². The smallest absolute Gasteiger partial charge is 0.232 e. The van der Waals surface area contributed by atoms with Gasteiger partial charge in [-0.25, -0.2) is 0 Å². The van der Waals surface area contributed by atoms with Crippen molar-refractivity contribution < 1.29 is 23.6 Å². The number of ether oxygens (including phenoxy) is 2. The number of nitrogens with one attached hydrogen (secondary N) is 1. The summed E-state index contributed by atoms with van der Waals surface area (Å²) in [5.41, 5.74) is 1.97. The number of carbonyl (C=O) groups is 2. The second-order valence-corrected chi connectivity index (χ2v) is 9.61. The fourth-order valence-corrected chi connectivity index (χ4v) is 4.38. The summed E-state index contributed by atoms with van der Waals surface area (Å²) >= 11 is 0. The highest BCUT2D eigenvalue weighted by Crippen LogP contribution is 2.43. The minimum Gasteiger partial charge on any atom is -0.497 e. The first-order valence-electron chi connectivity index (χ1n) is 11.6. The summed E-state index contributed by atoms with van der Waals surface area (Å²) in [6, 6.07) is 15.9. The SMILES string of the molecule is COc1ccc(N2C(=O)CC[C@H](C(=O)Nc3cc(C(C)(C)C)no3)[C@H]2c2ccccc2OC)cc1. The molecule has 2 amide bonds. The number of piperidine rings is 1. The topological polar surface area (TPSA) is 93.9 Å². The summed E-state index contributed by atoms with van der Waals surface area (Å²) < 4.78 is 16.3. The molecule has 1 aromatic heterocycles. The molecule has 2 aromatic carbocycles. The molecule has 0 bridgehead atoms. The minimum atomic E-state index is -0.578. The van der Waals surface area contributed by atoms with Crippen LogP contribution in [0.25, 0.3) is 0 Å². The second-order valence-electron chi connectivity index (χ2n) is 9.61. The lowest BCUT2D eigenvalue weighted by Crippen LogP contribution is -2.47. The first-order chi connectivity index (χ1) is 16.7. The third-order valence-corrected chi connectivity index (χ3v) is 6.27. The van der Waals surface area contributed by atoms with Gasteiger partial charge in [-0.3, -0.25) is 14.9 Å². The van der Waals surface area contributed by atoms with Crippen LogP contribution >= 0.6 is 0 Å². The van der Waals surface area contributed by atoms with E-state index in [1.165, 1.54) is 0 Å². The van der Waals surface area contributed by atoms with E-state index in [-0.39, 0.29) is 29.5 Å². The summed E-state index contributed by atoms with van der Waals surface area (Å²) in [6.07, 6.45) is 0.625. The molecule has 2 atom stereocenters. The van der Waals surface area contributed by atoms with Crippen molar-refractivity contribution in [2.24, 2.45) is 5.92 Å². The molecule has 3 aromatic rings. The number of benzene rings is 2. The lowest BCUT2D eigenvalue weighted by molar-refractivity contribution is -0.126. The van der Waals surface area contributed by atoms with E-state index in [2.05, 4.69) is 10.5 Å². The number of para-hydroxylation sites is 1. The molecule has 1 fully saturated rings. The van der Waals surface area contributed by atoms with E-state index in [4.69, 9.17) is 14.0 Å². The van der Waals surface area contributed by atoms with Crippen LogP contribution in [0.15, 0.2) is 59.1 Å². The van der Waals surface area contributed by atoms with E-state index < -0.39 is 12.0 Å². The molecule has 1 saturated heterocycles. The van der Waals surface area contributed by atoms with Gasteiger partial charge in [0, 0.05) is 29.2 Å². The lowest BCUT2D eigenvalue weighted by Gasteiger charge is -2.41. The van der Waals surface area contributed by atoms with Crippen LogP contribution in [0.3, 0.4) is 0 Å². The van der Waals surface area contributed by atoms with E-state index >= 15 is 0 Å². The number of anilines is 2. The fourth-order valence-electron chi connectivity index (χ4n) is 4.38. The number of aromatic nitrogens is 1. The van der Waals surface area contributed by atoms with E-state index in [1.54, 1.807) is 37.3 Å². The quantitative estimate of drug-likeness (QED) is 0.530. The summed E-state index contributed by atoms with van der Waals surface area (Å²) in [5.74, 6) is 0.716. The Kier molecular flexibility index (Phi) is 6.82. The Morgan fingerprint density at radius 3 is 2.43 bits per heavy atom. The highest BCUT2D eigenvalue weighted by molar-refractivity contribution is 6.00. The van der Waals surface area contributed by atoms with Crippen molar-refractivity contribution >= 4 is 23.4 Å². The molecular weight excluding hydrogens is 446 g/mol. The van der Waals surface area contributed by atoms with Gasteiger partial charge in [0.15, 0.2) is 0 Å². The molecule has 0 unspecified atom stereocenters. The summed E-state index contributed by atoms with van der Waals surface area (Å²) in [4.78, 5) is 28.5. The van der Waals surface area contributed by atoms with Crippen molar-refractivity contribution in [3.8, 4) is 11.5 Å². The predicted molar refractivity (Wildman–Crippen MR) is 133 cm³/mol. The first kappa shape index (κ1) is 24.3. The lowest BCUT2D eigenvalue weighted by atomic mass is 9.82. The van der Waals surface area contributed by atoms with Gasteiger partial charge in [-0.15, -0.1) is 0 Å². The molecule has 0 saturated carbocycles. The maximum absolute atomic E-state index is 13.6. The zero-order valence-corrected chi connectivity index (χ0v) is 20.7. The second kappa shape index (κ2) is 9.82. The number of hydrogen-bond acceptors (Lipinski definition) is 6. The molecule has 2 heterocycles. The van der Waals surface area contributed by atoms with Crippen LogP contribution in [0.2, 0.25) is 0 Å². The number of methoxy groups -OCH3 is 2. The Labute approximate surface area is 205 Å². The van der Waals surface area contributed by atoms with Crippen LogP contribution in [0, 0.1) is 5.92 Å². The maximum Gasteiger partial charge on any atom is 0.232 e. The van der Waals surface area contributed by atoms with Crippen molar-refractivity contribution in [3.63, 3.8) is 0 Å². The normalized spacial score (nSPS) is 18.3. The number of amides is 2. The monoisotopic (exact) mass is 477 g/mol. The summed E-state index contributed by atoms with van der Waals surface area (Å²) in [6.45, 7) is 6.06. The molecule has 0 radical (unpaired) electrons. The molecular formula is C27H31N3O5. The van der Waals surface area contributed by atoms with Gasteiger partial charge in [0.25, 0.3) is 0 Å². The Hall–Kier alpha value is -3.81. The summed E-state index contributed by atoms with van der Waals surface area (Å²) in [5, 5.41) is 6.97. The van der Waals surface area contributed by atoms with E-state index in [9.17, 15) is 9.59 Å². The number of rotatable bonds is 6. The maximum atomic E-state index is 13.6. The predicted octanol–water partition coefficient (Wildman–Crippen LogP) is 5.11. The molecule has 0 aliphatic carbocycles. The Balaban J connectivity index is 1.73. The average molecular weight is 478 g/mol. The van der Waals surface area contributed by atoms with Gasteiger partial charge in [-0.05, 0) is 36.8 Å². The molecule has 1 aliphatic heterocycles. The average Bonchev–Trinajstić information content (AvgIpc) is 3.33. The van der Waals surface area contributed by atoms with Gasteiger partial charge in [0.1, 0.15) is 11.5 Å². The Morgan fingerprint density at radius 2 is 1.80 bits per heavy atom. The molecule has 8 heteroatoms. The van der Waals surface area contributed by atoms with Gasteiger partial charge in [0.05, 0.1) is 31.9 Å². The van der Waals surface area contributed by atoms with Crippen molar-refractivity contribution in [2.75, 3.05) is 24.4 Å². The first-order valence-corrected chi connectivity index (χ1v) is 11.6. The van der Waals surface area contributed by atoms with Crippen molar-refractivity contribution in [3.05, 3.63) is 65.9 Å². The van der Waals surface area contributed by atoms with Gasteiger partial charge < -0.3 is 18.9 Å². The third-order valence-electron chi connectivity index (χ3n) is 6.27. The number of nitrogens with zero attached hydrogens (tertiary/aromatic N) is 2. The largest absolute Gasteiger partial charge is 0.497 e.